The Morgan fingerprint density at radius 1 is 1.02 bits per heavy atom. The average molecular weight is 539 g/mol. The third kappa shape index (κ3) is 7.11. The second kappa shape index (κ2) is 13.0. The van der Waals surface area contributed by atoms with E-state index in [4.69, 9.17) is 15.2 Å². The molecule has 1 amide bonds. The molecule has 4 aromatic rings. The molecule has 4 N–H and O–H groups in total. The van der Waals surface area contributed by atoms with Gasteiger partial charge in [-0.2, -0.15) is 0 Å². The van der Waals surface area contributed by atoms with Crippen LogP contribution in [0.4, 0.5) is 11.5 Å². The van der Waals surface area contributed by atoms with E-state index in [2.05, 4.69) is 41.6 Å². The maximum absolute atomic E-state index is 13.8. The van der Waals surface area contributed by atoms with Crippen molar-refractivity contribution >= 4 is 34.3 Å². The van der Waals surface area contributed by atoms with Crippen LogP contribution in [0.5, 0.6) is 11.5 Å². The molecule has 40 heavy (non-hydrogen) atoms. The predicted molar refractivity (Wildman–Crippen MR) is 164 cm³/mol. The van der Waals surface area contributed by atoms with Gasteiger partial charge >= 0.3 is 0 Å². The molecule has 0 saturated carbocycles. The van der Waals surface area contributed by atoms with Crippen molar-refractivity contribution in [1.82, 2.24) is 10.3 Å². The summed E-state index contributed by atoms with van der Waals surface area (Å²) in [5, 5.41) is 8.37. The molecule has 1 aromatic heterocycles. The summed E-state index contributed by atoms with van der Waals surface area (Å²) in [6.45, 7) is 10.9. The Kier molecular flexibility index (Phi) is 9.27. The number of pyridine rings is 1. The second-order valence-electron chi connectivity index (χ2n) is 10.2. The van der Waals surface area contributed by atoms with Crippen molar-refractivity contribution in [3.63, 3.8) is 0 Å². The molecule has 4 rings (SSSR count). The Morgan fingerprint density at radius 3 is 2.58 bits per heavy atom. The van der Waals surface area contributed by atoms with Crippen molar-refractivity contribution in [3.8, 4) is 11.5 Å². The third-order valence-electron chi connectivity index (χ3n) is 6.28. The smallest absolute Gasteiger partial charge is 0.247 e. The van der Waals surface area contributed by atoms with Gasteiger partial charge in [-0.05, 0) is 93.1 Å². The highest BCUT2D eigenvalue weighted by atomic mass is 16.5. The number of rotatable bonds is 11. The van der Waals surface area contributed by atoms with Crippen LogP contribution in [0.1, 0.15) is 57.4 Å². The van der Waals surface area contributed by atoms with Crippen molar-refractivity contribution in [2.24, 2.45) is 0 Å². The number of anilines is 2. The van der Waals surface area contributed by atoms with Crippen molar-refractivity contribution in [2.75, 3.05) is 17.7 Å². The fourth-order valence-electron chi connectivity index (χ4n) is 4.51. The van der Waals surface area contributed by atoms with Gasteiger partial charge in [0.15, 0.2) is 11.5 Å². The molecule has 0 aliphatic rings. The minimum atomic E-state index is -0.695. The minimum Gasteiger partial charge on any atom is -0.490 e. The number of fused-ring (bicyclic) bond motifs is 1. The van der Waals surface area contributed by atoms with Gasteiger partial charge in [-0.15, -0.1) is 0 Å². The van der Waals surface area contributed by atoms with E-state index in [1.807, 2.05) is 81.4 Å². The van der Waals surface area contributed by atoms with Crippen molar-refractivity contribution in [1.29, 1.82) is 0 Å². The van der Waals surface area contributed by atoms with E-state index >= 15 is 0 Å². The first-order valence-electron chi connectivity index (χ1n) is 13.6. The van der Waals surface area contributed by atoms with Gasteiger partial charge in [0.1, 0.15) is 11.9 Å². The largest absolute Gasteiger partial charge is 0.490 e. The first-order chi connectivity index (χ1) is 19.2. The molecule has 7 heteroatoms. The maximum atomic E-state index is 13.8. The lowest BCUT2D eigenvalue weighted by Crippen LogP contribution is -2.33. The summed E-state index contributed by atoms with van der Waals surface area (Å²) in [6, 6.07) is 20.7. The molecule has 7 nitrogen and oxygen atoms in total. The van der Waals surface area contributed by atoms with Crippen molar-refractivity contribution in [2.45, 2.75) is 53.3 Å². The zero-order valence-corrected chi connectivity index (χ0v) is 23.8. The minimum absolute atomic E-state index is 0.0114. The standard InChI is InChI=1S/C33H38N4O3/c1-6-39-30-19-25(11-14-29(30)40-22(4)5)31(37-27-12-13-28-24(18-27)15-16-35-32(28)34)33(38)36-20-26-10-8-7-9-23(26)17-21(2)3/h7-19,22,31,37H,6,20H2,1-5H3,(H2,34,35)(H,36,38). The Morgan fingerprint density at radius 2 is 1.82 bits per heavy atom. The SMILES string of the molecule is CCOc1cc(C(Nc2ccc3c(N)nccc3c2)C(=O)NCc2ccccc2C=C(C)C)ccc1OC(C)C. The van der Waals surface area contributed by atoms with Crippen LogP contribution in [0.15, 0.2) is 78.5 Å². The van der Waals surface area contributed by atoms with Gasteiger partial charge < -0.3 is 25.8 Å². The number of carbonyl (C=O) groups is 1. The lowest BCUT2D eigenvalue weighted by atomic mass is 10.0. The lowest BCUT2D eigenvalue weighted by Gasteiger charge is -2.23. The van der Waals surface area contributed by atoms with Gasteiger partial charge in [-0.25, -0.2) is 4.98 Å². The number of aromatic nitrogens is 1. The Labute approximate surface area is 236 Å². The molecule has 208 valence electrons. The van der Waals surface area contributed by atoms with E-state index in [1.165, 1.54) is 5.57 Å². The van der Waals surface area contributed by atoms with Gasteiger partial charge in [0.25, 0.3) is 0 Å². The normalized spacial score (nSPS) is 11.7. The number of nitrogens with zero attached hydrogens (tertiary/aromatic N) is 1. The third-order valence-corrected chi connectivity index (χ3v) is 6.28. The van der Waals surface area contributed by atoms with E-state index in [0.29, 0.717) is 30.5 Å². The molecule has 0 bridgehead atoms. The number of benzene rings is 3. The first kappa shape index (κ1) is 28.5. The number of hydrogen-bond acceptors (Lipinski definition) is 6. The van der Waals surface area contributed by atoms with Gasteiger partial charge in [0.2, 0.25) is 5.91 Å². The van der Waals surface area contributed by atoms with E-state index in [1.54, 1.807) is 6.20 Å². The van der Waals surface area contributed by atoms with E-state index in [-0.39, 0.29) is 12.0 Å². The van der Waals surface area contributed by atoms with E-state index in [0.717, 1.165) is 33.2 Å². The van der Waals surface area contributed by atoms with Crippen LogP contribution in [-0.4, -0.2) is 23.6 Å². The van der Waals surface area contributed by atoms with Crippen molar-refractivity contribution < 1.29 is 14.3 Å². The van der Waals surface area contributed by atoms with Crippen LogP contribution in [0.25, 0.3) is 16.8 Å². The van der Waals surface area contributed by atoms with Crippen LogP contribution in [-0.2, 0) is 11.3 Å². The summed E-state index contributed by atoms with van der Waals surface area (Å²) in [7, 11) is 0. The molecule has 0 aliphatic carbocycles. The molecule has 0 aliphatic heterocycles. The number of carbonyl (C=O) groups excluding carboxylic acids is 1. The fraction of sp³-hybridized carbons (Fsp3) is 0.273. The molecule has 0 fully saturated rings. The van der Waals surface area contributed by atoms with Crippen LogP contribution in [0, 0.1) is 0 Å². The van der Waals surface area contributed by atoms with Crippen LogP contribution in [0.3, 0.4) is 0 Å². The van der Waals surface area contributed by atoms with Gasteiger partial charge in [0, 0.05) is 23.8 Å². The number of nitrogen functional groups attached to an aromatic ring is 1. The van der Waals surface area contributed by atoms with Gasteiger partial charge in [0.05, 0.1) is 12.7 Å². The molecule has 1 unspecified atom stereocenters. The number of ether oxygens (including phenoxy) is 2. The molecular weight excluding hydrogens is 500 g/mol. The monoisotopic (exact) mass is 538 g/mol. The highest BCUT2D eigenvalue weighted by molar-refractivity contribution is 5.94. The maximum Gasteiger partial charge on any atom is 0.247 e. The van der Waals surface area contributed by atoms with Crippen LogP contribution < -0.4 is 25.8 Å². The predicted octanol–water partition coefficient (Wildman–Crippen LogP) is 6.90. The zero-order valence-electron chi connectivity index (χ0n) is 23.8. The molecule has 1 atom stereocenters. The lowest BCUT2D eigenvalue weighted by molar-refractivity contribution is -0.122. The molecule has 1 heterocycles. The Balaban J connectivity index is 1.68. The highest BCUT2D eigenvalue weighted by Gasteiger charge is 2.23. The first-order valence-corrected chi connectivity index (χ1v) is 13.6. The molecule has 0 radical (unpaired) electrons. The van der Waals surface area contributed by atoms with Crippen molar-refractivity contribution in [3.05, 3.63) is 95.2 Å². The Bertz CT molecular complexity index is 1510. The Hall–Kier alpha value is -4.52. The van der Waals surface area contributed by atoms with E-state index in [9.17, 15) is 4.79 Å². The summed E-state index contributed by atoms with van der Waals surface area (Å²) < 4.78 is 11.9. The number of nitrogens with two attached hydrogens (primary N) is 1. The number of nitrogens with one attached hydrogen (secondary N) is 2. The number of allylic oxidation sites excluding steroid dienone is 1. The topological polar surface area (TPSA) is 98.5 Å². The second-order valence-corrected chi connectivity index (χ2v) is 10.2. The molecular formula is C33H38N4O3. The highest BCUT2D eigenvalue weighted by Crippen LogP contribution is 2.33. The van der Waals surface area contributed by atoms with Crippen LogP contribution >= 0.6 is 0 Å². The number of hydrogen-bond donors (Lipinski definition) is 3. The summed E-state index contributed by atoms with van der Waals surface area (Å²) in [4.78, 5) is 18.0. The summed E-state index contributed by atoms with van der Waals surface area (Å²) in [5.74, 6) is 1.54. The number of amides is 1. The molecule has 3 aromatic carbocycles. The average Bonchev–Trinajstić information content (AvgIpc) is 2.92. The van der Waals surface area contributed by atoms with Crippen LogP contribution in [0.2, 0.25) is 0 Å². The fourth-order valence-corrected chi connectivity index (χ4v) is 4.51. The molecule has 0 saturated heterocycles. The van der Waals surface area contributed by atoms with Gasteiger partial charge in [-0.1, -0.05) is 42.0 Å². The quantitative estimate of drug-likeness (QED) is 0.192. The summed E-state index contributed by atoms with van der Waals surface area (Å²) in [6.07, 6.45) is 3.79. The zero-order chi connectivity index (χ0) is 28.6. The summed E-state index contributed by atoms with van der Waals surface area (Å²) >= 11 is 0. The molecule has 0 spiro atoms. The van der Waals surface area contributed by atoms with Gasteiger partial charge in [-0.3, -0.25) is 4.79 Å². The summed E-state index contributed by atoms with van der Waals surface area (Å²) in [5.41, 5.74) is 10.9. The van der Waals surface area contributed by atoms with E-state index < -0.39 is 6.04 Å².